The zero-order chi connectivity index (χ0) is 11.5. The Bertz CT molecular complexity index is 368. The van der Waals surface area contributed by atoms with Crippen LogP contribution in [0.4, 0.5) is 11.6 Å². The van der Waals surface area contributed by atoms with Crippen LogP contribution in [0.2, 0.25) is 0 Å². The van der Waals surface area contributed by atoms with Gasteiger partial charge in [0.25, 0.3) is 0 Å². The highest BCUT2D eigenvalue weighted by molar-refractivity contribution is 5.45. The first-order valence-corrected chi connectivity index (χ1v) is 5.36. The summed E-state index contributed by atoms with van der Waals surface area (Å²) >= 11 is 0. The van der Waals surface area contributed by atoms with Crippen molar-refractivity contribution in [3.63, 3.8) is 0 Å². The van der Waals surface area contributed by atoms with Gasteiger partial charge in [-0.3, -0.25) is 0 Å². The Morgan fingerprint density at radius 2 is 2.25 bits per heavy atom. The van der Waals surface area contributed by atoms with Crippen LogP contribution in [0.15, 0.2) is 6.07 Å². The number of hydrogen-bond donors (Lipinski definition) is 4. The number of aliphatic hydroxyl groups is 2. The summed E-state index contributed by atoms with van der Waals surface area (Å²) in [5.41, 5.74) is 5.66. The molecule has 6 heteroatoms. The van der Waals surface area contributed by atoms with Crippen molar-refractivity contribution < 1.29 is 10.2 Å². The van der Waals surface area contributed by atoms with Gasteiger partial charge in [0, 0.05) is 18.5 Å². The monoisotopic (exact) mass is 224 g/mol. The van der Waals surface area contributed by atoms with E-state index >= 15 is 0 Å². The molecule has 0 spiro atoms. The number of aliphatic hydroxyl groups excluding tert-OH is 2. The van der Waals surface area contributed by atoms with E-state index in [4.69, 9.17) is 10.8 Å². The smallest absolute Gasteiger partial charge is 0.136 e. The molecule has 1 atom stereocenters. The van der Waals surface area contributed by atoms with Gasteiger partial charge in [-0.2, -0.15) is 0 Å². The molecule has 16 heavy (non-hydrogen) atoms. The first-order chi connectivity index (χ1) is 7.69. The first kappa shape index (κ1) is 11.1. The average Bonchev–Trinajstić information content (AvgIpc) is 3.09. The fourth-order valence-corrected chi connectivity index (χ4v) is 1.39. The molecule has 6 nitrogen and oxygen atoms in total. The Morgan fingerprint density at radius 1 is 1.50 bits per heavy atom. The minimum atomic E-state index is -0.791. The molecule has 1 unspecified atom stereocenters. The van der Waals surface area contributed by atoms with E-state index in [0.29, 0.717) is 17.6 Å². The van der Waals surface area contributed by atoms with Crippen molar-refractivity contribution in [1.29, 1.82) is 0 Å². The molecule has 0 bridgehead atoms. The van der Waals surface area contributed by atoms with Crippen LogP contribution in [0.1, 0.15) is 24.6 Å². The molecule has 0 saturated heterocycles. The third-order valence-electron chi connectivity index (χ3n) is 2.44. The summed E-state index contributed by atoms with van der Waals surface area (Å²) in [5.74, 6) is 2.23. The maximum Gasteiger partial charge on any atom is 0.136 e. The van der Waals surface area contributed by atoms with Gasteiger partial charge in [-0.1, -0.05) is 0 Å². The van der Waals surface area contributed by atoms with Gasteiger partial charge in [-0.05, 0) is 12.8 Å². The van der Waals surface area contributed by atoms with Crippen LogP contribution < -0.4 is 11.1 Å². The van der Waals surface area contributed by atoms with Crippen LogP contribution in [-0.4, -0.2) is 39.4 Å². The van der Waals surface area contributed by atoms with E-state index in [0.717, 1.165) is 18.7 Å². The maximum absolute atomic E-state index is 9.19. The van der Waals surface area contributed by atoms with Crippen molar-refractivity contribution in [2.45, 2.75) is 24.9 Å². The van der Waals surface area contributed by atoms with Gasteiger partial charge < -0.3 is 21.3 Å². The van der Waals surface area contributed by atoms with Crippen LogP contribution >= 0.6 is 0 Å². The van der Waals surface area contributed by atoms with E-state index in [1.165, 1.54) is 0 Å². The Labute approximate surface area is 93.5 Å². The molecule has 0 amide bonds. The number of nitrogens with zero attached hydrogens (tertiary/aromatic N) is 2. The molecule has 2 rings (SSSR count). The van der Waals surface area contributed by atoms with Crippen molar-refractivity contribution in [2.24, 2.45) is 0 Å². The SMILES string of the molecule is Nc1cc(NCC(O)CO)nc(C2CC2)n1. The summed E-state index contributed by atoms with van der Waals surface area (Å²) in [4.78, 5) is 8.46. The minimum absolute atomic E-state index is 0.247. The number of nitrogens with one attached hydrogen (secondary N) is 1. The lowest BCUT2D eigenvalue weighted by molar-refractivity contribution is 0.105. The molecule has 5 N–H and O–H groups in total. The predicted octanol–water partition coefficient (Wildman–Crippen LogP) is -0.299. The van der Waals surface area contributed by atoms with Crippen LogP contribution in [-0.2, 0) is 0 Å². The molecule has 1 saturated carbocycles. The van der Waals surface area contributed by atoms with Crippen molar-refractivity contribution in [3.05, 3.63) is 11.9 Å². The predicted molar refractivity (Wildman–Crippen MR) is 60.0 cm³/mol. The fourth-order valence-electron chi connectivity index (χ4n) is 1.39. The van der Waals surface area contributed by atoms with Gasteiger partial charge >= 0.3 is 0 Å². The van der Waals surface area contributed by atoms with Gasteiger partial charge in [-0.25, -0.2) is 9.97 Å². The lowest BCUT2D eigenvalue weighted by atomic mass is 10.3. The van der Waals surface area contributed by atoms with Gasteiger partial charge in [0.1, 0.15) is 17.5 Å². The Kier molecular flexibility index (Phi) is 3.21. The van der Waals surface area contributed by atoms with Gasteiger partial charge in [0.15, 0.2) is 0 Å². The summed E-state index contributed by atoms with van der Waals surface area (Å²) in [7, 11) is 0. The quantitative estimate of drug-likeness (QED) is 0.547. The van der Waals surface area contributed by atoms with Crippen molar-refractivity contribution in [1.82, 2.24) is 9.97 Å². The van der Waals surface area contributed by atoms with E-state index in [9.17, 15) is 5.11 Å². The van der Waals surface area contributed by atoms with Crippen LogP contribution in [0, 0.1) is 0 Å². The average molecular weight is 224 g/mol. The molecule has 1 aromatic heterocycles. The van der Waals surface area contributed by atoms with Crippen LogP contribution in [0.25, 0.3) is 0 Å². The summed E-state index contributed by atoms with van der Waals surface area (Å²) in [6.07, 6.45) is 1.44. The highest BCUT2D eigenvalue weighted by atomic mass is 16.3. The van der Waals surface area contributed by atoms with E-state index in [1.807, 2.05) is 0 Å². The third kappa shape index (κ3) is 2.80. The molecule has 1 aliphatic rings. The Balaban J connectivity index is 2.02. The molecule has 1 heterocycles. The molecule has 1 aromatic rings. The minimum Gasteiger partial charge on any atom is -0.394 e. The van der Waals surface area contributed by atoms with E-state index in [-0.39, 0.29) is 13.2 Å². The number of hydrogen-bond acceptors (Lipinski definition) is 6. The number of rotatable bonds is 5. The van der Waals surface area contributed by atoms with Gasteiger partial charge in [-0.15, -0.1) is 0 Å². The van der Waals surface area contributed by atoms with E-state index in [2.05, 4.69) is 15.3 Å². The van der Waals surface area contributed by atoms with Crippen molar-refractivity contribution in [2.75, 3.05) is 24.2 Å². The molecule has 1 aliphatic carbocycles. The molecule has 0 radical (unpaired) electrons. The lowest BCUT2D eigenvalue weighted by Crippen LogP contribution is -2.23. The zero-order valence-electron chi connectivity index (χ0n) is 8.93. The van der Waals surface area contributed by atoms with E-state index in [1.54, 1.807) is 6.07 Å². The Hall–Kier alpha value is -1.40. The second kappa shape index (κ2) is 4.63. The summed E-state index contributed by atoms with van der Waals surface area (Å²) in [5, 5.41) is 20.8. The van der Waals surface area contributed by atoms with Gasteiger partial charge in [0.2, 0.25) is 0 Å². The molecule has 0 aromatic carbocycles. The normalized spacial score (nSPS) is 17.1. The molecular formula is C10H16N4O2. The number of aromatic nitrogens is 2. The molecular weight excluding hydrogens is 208 g/mol. The summed E-state index contributed by atoms with van der Waals surface area (Å²) in [6.45, 7) is -0.0277. The van der Waals surface area contributed by atoms with Gasteiger partial charge in [0.05, 0.1) is 12.7 Å². The highest BCUT2D eigenvalue weighted by Crippen LogP contribution is 2.38. The number of nitrogen functional groups attached to an aromatic ring is 1. The molecule has 0 aliphatic heterocycles. The van der Waals surface area contributed by atoms with Crippen LogP contribution in [0.3, 0.4) is 0 Å². The maximum atomic E-state index is 9.19. The second-order valence-corrected chi connectivity index (χ2v) is 4.03. The van der Waals surface area contributed by atoms with Crippen molar-refractivity contribution in [3.8, 4) is 0 Å². The largest absolute Gasteiger partial charge is 0.394 e. The lowest BCUT2D eigenvalue weighted by Gasteiger charge is -2.10. The number of nitrogens with two attached hydrogens (primary N) is 1. The summed E-state index contributed by atoms with van der Waals surface area (Å²) in [6, 6.07) is 1.62. The Morgan fingerprint density at radius 3 is 2.88 bits per heavy atom. The fraction of sp³-hybridized carbons (Fsp3) is 0.600. The number of anilines is 2. The standard InChI is InChI=1S/C10H16N4O2/c11-8-3-9(12-4-7(16)5-15)14-10(13-8)6-1-2-6/h3,6-7,15-16H,1-2,4-5H2,(H3,11,12,13,14). The third-order valence-corrected chi connectivity index (χ3v) is 2.44. The summed E-state index contributed by atoms with van der Waals surface area (Å²) < 4.78 is 0. The molecule has 1 fully saturated rings. The van der Waals surface area contributed by atoms with E-state index < -0.39 is 6.10 Å². The topological polar surface area (TPSA) is 104 Å². The zero-order valence-corrected chi connectivity index (χ0v) is 8.93. The second-order valence-electron chi connectivity index (χ2n) is 4.03. The van der Waals surface area contributed by atoms with Crippen LogP contribution in [0.5, 0.6) is 0 Å². The van der Waals surface area contributed by atoms with Crippen molar-refractivity contribution >= 4 is 11.6 Å². The first-order valence-electron chi connectivity index (χ1n) is 5.36. The highest BCUT2D eigenvalue weighted by Gasteiger charge is 2.27. The molecule has 88 valence electrons.